The van der Waals surface area contributed by atoms with Crippen LogP contribution in [0.5, 0.6) is 5.75 Å². The van der Waals surface area contributed by atoms with Gasteiger partial charge in [0.25, 0.3) is 11.5 Å². The van der Waals surface area contributed by atoms with Crippen LogP contribution >= 0.6 is 0 Å². The van der Waals surface area contributed by atoms with Crippen molar-refractivity contribution in [3.63, 3.8) is 0 Å². The van der Waals surface area contributed by atoms with Crippen molar-refractivity contribution in [3.05, 3.63) is 86.6 Å². The van der Waals surface area contributed by atoms with E-state index in [1.165, 1.54) is 22.7 Å². The molecule has 2 aromatic heterocycles. The number of carbonyl (C=O) groups excluding carboxylic acids is 1. The van der Waals surface area contributed by atoms with Gasteiger partial charge < -0.3 is 14.6 Å². The molecule has 0 spiro atoms. The fourth-order valence-corrected chi connectivity index (χ4v) is 4.52. The number of nitrogens with zero attached hydrogens (tertiary/aromatic N) is 3. The summed E-state index contributed by atoms with van der Waals surface area (Å²) in [6.07, 6.45) is 0.240. The fraction of sp³-hybridized carbons (Fsp3) is 0.269. The molecule has 1 amide bonds. The molecular weight excluding hydrogens is 432 g/mol. The normalized spacial score (nSPS) is 14.1. The number of hydrogen-bond acceptors (Lipinski definition) is 4. The topological polar surface area (TPSA) is 89.3 Å². The number of aryl methyl sites for hydroxylation is 1. The van der Waals surface area contributed by atoms with Gasteiger partial charge in [-0.05, 0) is 60.4 Å². The molecule has 8 nitrogen and oxygen atoms in total. The van der Waals surface area contributed by atoms with Crippen LogP contribution in [0.15, 0.2) is 64.2 Å². The Labute approximate surface area is 196 Å². The number of rotatable bonds is 4. The molecule has 1 unspecified atom stereocenters. The van der Waals surface area contributed by atoms with Gasteiger partial charge in [-0.15, -0.1) is 0 Å². The van der Waals surface area contributed by atoms with Gasteiger partial charge in [-0.2, -0.15) is 0 Å². The number of aromatic nitrogens is 3. The maximum absolute atomic E-state index is 13.0. The van der Waals surface area contributed by atoms with E-state index in [4.69, 9.17) is 4.74 Å². The highest BCUT2D eigenvalue weighted by atomic mass is 16.5. The van der Waals surface area contributed by atoms with Crippen LogP contribution in [0.4, 0.5) is 0 Å². The summed E-state index contributed by atoms with van der Waals surface area (Å²) in [5.41, 5.74) is 4.23. The predicted octanol–water partition coefficient (Wildman–Crippen LogP) is 2.58. The first-order chi connectivity index (χ1) is 16.3. The van der Waals surface area contributed by atoms with Gasteiger partial charge in [0.1, 0.15) is 11.3 Å². The van der Waals surface area contributed by atoms with E-state index in [-0.39, 0.29) is 17.2 Å². The van der Waals surface area contributed by atoms with Gasteiger partial charge in [0.2, 0.25) is 0 Å². The number of H-pyrrole nitrogens is 1. The van der Waals surface area contributed by atoms with E-state index in [1.807, 2.05) is 29.2 Å². The number of benzene rings is 2. The molecule has 4 aromatic rings. The molecule has 0 radical (unpaired) electrons. The lowest BCUT2D eigenvalue weighted by Gasteiger charge is -2.31. The van der Waals surface area contributed by atoms with Crippen LogP contribution in [0.3, 0.4) is 0 Å². The largest absolute Gasteiger partial charge is 0.481 e. The molecule has 2 aromatic carbocycles. The van der Waals surface area contributed by atoms with Crippen LogP contribution in [0.2, 0.25) is 0 Å². The molecule has 34 heavy (non-hydrogen) atoms. The second-order valence-electron chi connectivity index (χ2n) is 8.71. The van der Waals surface area contributed by atoms with Gasteiger partial charge in [0, 0.05) is 32.9 Å². The summed E-state index contributed by atoms with van der Waals surface area (Å²) in [4.78, 5) is 42.6. The van der Waals surface area contributed by atoms with E-state index in [1.54, 1.807) is 32.2 Å². The van der Waals surface area contributed by atoms with Gasteiger partial charge >= 0.3 is 5.69 Å². The minimum Gasteiger partial charge on any atom is -0.481 e. The zero-order valence-electron chi connectivity index (χ0n) is 19.4. The Bertz CT molecular complexity index is 1510. The summed E-state index contributed by atoms with van der Waals surface area (Å²) < 4.78 is 8.46. The van der Waals surface area contributed by atoms with Crippen LogP contribution in [0.1, 0.15) is 18.1 Å². The van der Waals surface area contributed by atoms with Crippen molar-refractivity contribution in [3.8, 4) is 17.0 Å². The highest BCUT2D eigenvalue weighted by Crippen LogP contribution is 2.25. The van der Waals surface area contributed by atoms with E-state index in [2.05, 4.69) is 17.1 Å². The maximum atomic E-state index is 13.0. The van der Waals surface area contributed by atoms with E-state index >= 15 is 0 Å². The Balaban J connectivity index is 1.31. The molecule has 1 N–H and O–H groups in total. The minimum atomic E-state index is -0.610. The molecule has 0 fully saturated rings. The number of ether oxygens (including phenoxy) is 1. The van der Waals surface area contributed by atoms with E-state index < -0.39 is 6.10 Å². The third kappa shape index (κ3) is 3.71. The summed E-state index contributed by atoms with van der Waals surface area (Å²) in [7, 11) is 3.10. The SMILES string of the molecule is CC(Oc1ccc(-c2cc3c([nH]2)c(=O)n(C)c(=O)n3C)cc1)C(=O)N1CCc2ccccc2C1. The first-order valence-corrected chi connectivity index (χ1v) is 11.2. The monoisotopic (exact) mass is 458 g/mol. The predicted molar refractivity (Wildman–Crippen MR) is 130 cm³/mol. The highest BCUT2D eigenvalue weighted by Gasteiger charge is 2.25. The maximum Gasteiger partial charge on any atom is 0.331 e. The van der Waals surface area contributed by atoms with Gasteiger partial charge in [0.15, 0.2) is 6.10 Å². The Kier molecular flexibility index (Phi) is 5.36. The summed E-state index contributed by atoms with van der Waals surface area (Å²) in [5, 5.41) is 0. The van der Waals surface area contributed by atoms with Crippen molar-refractivity contribution in [1.82, 2.24) is 19.0 Å². The lowest BCUT2D eigenvalue weighted by molar-refractivity contribution is -0.138. The van der Waals surface area contributed by atoms with E-state index in [0.29, 0.717) is 29.9 Å². The van der Waals surface area contributed by atoms with Gasteiger partial charge in [-0.3, -0.25) is 18.7 Å². The number of fused-ring (bicyclic) bond motifs is 2. The highest BCUT2D eigenvalue weighted by molar-refractivity contribution is 5.83. The molecule has 1 atom stereocenters. The molecule has 8 heteroatoms. The molecule has 1 aliphatic heterocycles. The average Bonchev–Trinajstić information content (AvgIpc) is 3.31. The number of carbonyl (C=O) groups is 1. The number of amides is 1. The molecule has 174 valence electrons. The lowest BCUT2D eigenvalue weighted by atomic mass is 9.99. The molecule has 5 rings (SSSR count). The molecule has 0 bridgehead atoms. The first-order valence-electron chi connectivity index (χ1n) is 11.2. The summed E-state index contributed by atoms with van der Waals surface area (Å²) in [6.45, 7) is 3.06. The Morgan fingerprint density at radius 1 is 1.00 bits per heavy atom. The van der Waals surface area contributed by atoms with Gasteiger partial charge in [-0.25, -0.2) is 4.79 Å². The van der Waals surface area contributed by atoms with Crippen LogP contribution in [0, 0.1) is 0 Å². The quantitative estimate of drug-likeness (QED) is 0.509. The van der Waals surface area contributed by atoms with Crippen LogP contribution < -0.4 is 16.0 Å². The molecule has 0 aliphatic carbocycles. The second kappa shape index (κ2) is 8.37. The lowest BCUT2D eigenvalue weighted by Crippen LogP contribution is -2.43. The van der Waals surface area contributed by atoms with Gasteiger partial charge in [0.05, 0.1) is 5.52 Å². The van der Waals surface area contributed by atoms with Crippen molar-refractivity contribution >= 4 is 16.9 Å². The van der Waals surface area contributed by atoms with Crippen molar-refractivity contribution in [2.24, 2.45) is 14.1 Å². The summed E-state index contributed by atoms with van der Waals surface area (Å²) >= 11 is 0. The zero-order chi connectivity index (χ0) is 24.0. The Morgan fingerprint density at radius 2 is 1.71 bits per heavy atom. The van der Waals surface area contributed by atoms with Crippen molar-refractivity contribution in [2.75, 3.05) is 6.54 Å². The molecular formula is C26H26N4O4. The standard InChI is InChI=1S/C26H26N4O4/c1-16(24(31)30-13-12-17-6-4-5-7-19(17)15-30)34-20-10-8-18(9-11-20)21-14-22-23(27-21)25(32)29(3)26(33)28(22)2/h4-11,14,16,27H,12-13,15H2,1-3H3. The fourth-order valence-electron chi connectivity index (χ4n) is 4.52. The van der Waals surface area contributed by atoms with Crippen LogP contribution in [-0.4, -0.2) is 37.6 Å². The molecule has 0 saturated carbocycles. The number of nitrogens with one attached hydrogen (secondary N) is 1. The average molecular weight is 459 g/mol. The number of aromatic amines is 1. The third-order valence-electron chi connectivity index (χ3n) is 6.52. The molecule has 3 heterocycles. The number of hydrogen-bond donors (Lipinski definition) is 1. The van der Waals surface area contributed by atoms with Crippen molar-refractivity contribution in [1.29, 1.82) is 0 Å². The molecule has 1 aliphatic rings. The van der Waals surface area contributed by atoms with Crippen molar-refractivity contribution < 1.29 is 9.53 Å². The van der Waals surface area contributed by atoms with E-state index in [0.717, 1.165) is 22.2 Å². The van der Waals surface area contributed by atoms with Crippen LogP contribution in [0.25, 0.3) is 22.3 Å². The Morgan fingerprint density at radius 3 is 2.44 bits per heavy atom. The second-order valence-corrected chi connectivity index (χ2v) is 8.71. The van der Waals surface area contributed by atoms with Crippen molar-refractivity contribution in [2.45, 2.75) is 26.0 Å². The first kappa shape index (κ1) is 21.8. The van der Waals surface area contributed by atoms with E-state index in [9.17, 15) is 14.4 Å². The molecule has 0 saturated heterocycles. The smallest absolute Gasteiger partial charge is 0.331 e. The summed E-state index contributed by atoms with van der Waals surface area (Å²) in [5.74, 6) is 0.549. The Hall–Kier alpha value is -4.07. The van der Waals surface area contributed by atoms with Crippen LogP contribution in [-0.2, 0) is 31.9 Å². The third-order valence-corrected chi connectivity index (χ3v) is 6.52. The van der Waals surface area contributed by atoms with Gasteiger partial charge in [-0.1, -0.05) is 24.3 Å². The summed E-state index contributed by atoms with van der Waals surface area (Å²) in [6, 6.07) is 17.3. The zero-order valence-corrected chi connectivity index (χ0v) is 19.4. The minimum absolute atomic E-state index is 0.0361.